The number of alkyl halides is 3. The predicted octanol–water partition coefficient (Wildman–Crippen LogP) is 4.02. The number of likely N-dealkylation sites (tertiary alicyclic amines) is 1. The number of hydrogen-bond donors (Lipinski definition) is 2. The van der Waals surface area contributed by atoms with Gasteiger partial charge in [-0.15, -0.1) is 11.3 Å². The fourth-order valence-corrected chi connectivity index (χ4v) is 5.43. The SMILES string of the molecule is O=C(CNC(=O)c1cccc(C(F)(F)F)c1)NC1CN(C2CCC(c3cccs3)CC2)C1. The Morgan fingerprint density at radius 3 is 2.47 bits per heavy atom. The summed E-state index contributed by atoms with van der Waals surface area (Å²) < 4.78 is 38.4. The minimum atomic E-state index is -4.52. The summed E-state index contributed by atoms with van der Waals surface area (Å²) in [5.41, 5.74) is -1.02. The molecule has 1 aliphatic carbocycles. The third-order valence-electron chi connectivity index (χ3n) is 6.30. The van der Waals surface area contributed by atoms with Crippen molar-refractivity contribution in [2.75, 3.05) is 19.6 Å². The monoisotopic (exact) mass is 465 g/mol. The summed E-state index contributed by atoms with van der Waals surface area (Å²) in [5.74, 6) is -0.371. The Bertz CT molecular complexity index is 934. The van der Waals surface area contributed by atoms with Gasteiger partial charge in [-0.05, 0) is 61.2 Å². The predicted molar refractivity (Wildman–Crippen MR) is 117 cm³/mol. The van der Waals surface area contributed by atoms with Crippen LogP contribution in [0.2, 0.25) is 0 Å². The van der Waals surface area contributed by atoms with E-state index >= 15 is 0 Å². The minimum Gasteiger partial charge on any atom is -0.349 e. The summed E-state index contributed by atoms with van der Waals surface area (Å²) in [7, 11) is 0. The molecule has 2 amide bonds. The molecule has 0 radical (unpaired) electrons. The highest BCUT2D eigenvalue weighted by Crippen LogP contribution is 2.37. The molecule has 2 N–H and O–H groups in total. The maximum Gasteiger partial charge on any atom is 0.416 e. The first kappa shape index (κ1) is 22.8. The lowest BCUT2D eigenvalue weighted by molar-refractivity contribution is -0.137. The van der Waals surface area contributed by atoms with Crippen molar-refractivity contribution >= 4 is 23.2 Å². The average molecular weight is 466 g/mol. The molecule has 1 aromatic carbocycles. The number of benzene rings is 1. The van der Waals surface area contributed by atoms with Gasteiger partial charge in [0.15, 0.2) is 0 Å². The number of hydrogen-bond acceptors (Lipinski definition) is 4. The van der Waals surface area contributed by atoms with Crippen LogP contribution in [0.3, 0.4) is 0 Å². The first-order valence-corrected chi connectivity index (χ1v) is 11.7. The van der Waals surface area contributed by atoms with E-state index in [1.54, 1.807) is 0 Å². The molecule has 172 valence electrons. The first-order valence-electron chi connectivity index (χ1n) is 10.8. The van der Waals surface area contributed by atoms with Gasteiger partial charge in [0.25, 0.3) is 5.91 Å². The van der Waals surface area contributed by atoms with Gasteiger partial charge >= 0.3 is 6.18 Å². The molecule has 0 bridgehead atoms. The zero-order valence-electron chi connectivity index (χ0n) is 17.5. The van der Waals surface area contributed by atoms with Crippen LogP contribution in [0.15, 0.2) is 41.8 Å². The summed E-state index contributed by atoms with van der Waals surface area (Å²) in [5, 5.41) is 7.41. The second kappa shape index (κ2) is 9.62. The van der Waals surface area contributed by atoms with E-state index in [4.69, 9.17) is 0 Å². The largest absolute Gasteiger partial charge is 0.416 e. The Kier molecular flexibility index (Phi) is 6.85. The van der Waals surface area contributed by atoms with E-state index in [-0.39, 0.29) is 24.1 Å². The molecule has 2 aliphatic rings. The minimum absolute atomic E-state index is 0.0444. The zero-order chi connectivity index (χ0) is 22.7. The fourth-order valence-electron chi connectivity index (χ4n) is 4.53. The number of amides is 2. The van der Waals surface area contributed by atoms with Crippen LogP contribution in [0.1, 0.15) is 52.4 Å². The Morgan fingerprint density at radius 1 is 1.06 bits per heavy atom. The highest BCUT2D eigenvalue weighted by molar-refractivity contribution is 7.10. The third kappa shape index (κ3) is 5.50. The molecule has 1 saturated heterocycles. The van der Waals surface area contributed by atoms with Gasteiger partial charge in [-0.3, -0.25) is 14.5 Å². The van der Waals surface area contributed by atoms with Gasteiger partial charge in [-0.25, -0.2) is 0 Å². The van der Waals surface area contributed by atoms with Crippen molar-refractivity contribution < 1.29 is 22.8 Å². The molecule has 1 aromatic heterocycles. The fraction of sp³-hybridized carbons (Fsp3) is 0.478. The summed E-state index contributed by atoms with van der Waals surface area (Å²) in [6, 6.07) is 9.08. The molecule has 9 heteroatoms. The Hall–Kier alpha value is -2.39. The quantitative estimate of drug-likeness (QED) is 0.678. The molecule has 0 unspecified atom stereocenters. The molecule has 2 fully saturated rings. The van der Waals surface area contributed by atoms with Crippen molar-refractivity contribution in [3.63, 3.8) is 0 Å². The van der Waals surface area contributed by atoms with Gasteiger partial charge in [0.2, 0.25) is 5.91 Å². The Labute approximate surface area is 189 Å². The van der Waals surface area contributed by atoms with Gasteiger partial charge in [-0.1, -0.05) is 12.1 Å². The van der Waals surface area contributed by atoms with E-state index < -0.39 is 17.6 Å². The van der Waals surface area contributed by atoms with Crippen LogP contribution in [0, 0.1) is 0 Å². The lowest BCUT2D eigenvalue weighted by Gasteiger charge is -2.46. The van der Waals surface area contributed by atoms with Gasteiger partial charge in [0, 0.05) is 29.6 Å². The van der Waals surface area contributed by atoms with Crippen LogP contribution >= 0.6 is 11.3 Å². The van der Waals surface area contributed by atoms with Crippen molar-refractivity contribution in [1.29, 1.82) is 0 Å². The molecule has 5 nitrogen and oxygen atoms in total. The number of carbonyl (C=O) groups is 2. The molecule has 2 heterocycles. The Balaban J connectivity index is 1.15. The van der Waals surface area contributed by atoms with Crippen molar-refractivity contribution in [1.82, 2.24) is 15.5 Å². The molecule has 0 atom stereocenters. The normalized spacial score (nSPS) is 22.2. The van der Waals surface area contributed by atoms with Gasteiger partial charge in [-0.2, -0.15) is 13.2 Å². The van der Waals surface area contributed by atoms with Gasteiger partial charge < -0.3 is 10.6 Å². The second-order valence-electron chi connectivity index (χ2n) is 8.50. The van der Waals surface area contributed by atoms with Crippen LogP contribution in [0.5, 0.6) is 0 Å². The molecule has 1 saturated carbocycles. The molecule has 2 aromatic rings. The van der Waals surface area contributed by atoms with Crippen molar-refractivity contribution in [3.05, 3.63) is 57.8 Å². The summed E-state index contributed by atoms with van der Waals surface area (Å²) in [6.45, 7) is 1.32. The summed E-state index contributed by atoms with van der Waals surface area (Å²) in [4.78, 5) is 28.1. The van der Waals surface area contributed by atoms with Crippen molar-refractivity contribution in [3.8, 4) is 0 Å². The molecular weight excluding hydrogens is 439 g/mol. The van der Waals surface area contributed by atoms with Gasteiger partial charge in [0.1, 0.15) is 0 Å². The maximum absolute atomic E-state index is 12.8. The number of halogens is 3. The molecule has 0 spiro atoms. The van der Waals surface area contributed by atoms with E-state index in [1.807, 2.05) is 11.3 Å². The van der Waals surface area contributed by atoms with Crippen LogP contribution in [-0.4, -0.2) is 48.4 Å². The number of carbonyl (C=O) groups excluding carboxylic acids is 2. The van der Waals surface area contributed by atoms with Crippen LogP contribution in [0.25, 0.3) is 0 Å². The smallest absolute Gasteiger partial charge is 0.349 e. The average Bonchev–Trinajstić information content (AvgIpc) is 3.29. The van der Waals surface area contributed by atoms with E-state index in [2.05, 4.69) is 33.0 Å². The molecule has 32 heavy (non-hydrogen) atoms. The van der Waals surface area contributed by atoms with Gasteiger partial charge in [0.05, 0.1) is 18.2 Å². The second-order valence-corrected chi connectivity index (χ2v) is 9.48. The van der Waals surface area contributed by atoms with E-state index in [1.165, 1.54) is 29.9 Å². The number of nitrogens with one attached hydrogen (secondary N) is 2. The number of thiophene rings is 1. The molecule has 4 rings (SSSR count). The number of nitrogens with zero attached hydrogens (tertiary/aromatic N) is 1. The highest BCUT2D eigenvalue weighted by Gasteiger charge is 2.35. The first-order chi connectivity index (χ1) is 15.3. The van der Waals surface area contributed by atoms with Crippen LogP contribution in [0.4, 0.5) is 13.2 Å². The highest BCUT2D eigenvalue weighted by atomic mass is 32.1. The zero-order valence-corrected chi connectivity index (χ0v) is 18.3. The maximum atomic E-state index is 12.8. The summed E-state index contributed by atoms with van der Waals surface area (Å²) in [6.07, 6.45) is 0.195. The lowest BCUT2D eigenvalue weighted by Crippen LogP contribution is -2.63. The molecule has 1 aliphatic heterocycles. The standard InChI is InChI=1S/C23H26F3N3O2S/c24-23(25,26)17-4-1-3-16(11-17)22(31)27-12-21(30)28-18-13-29(14-18)19-8-6-15(7-9-19)20-5-2-10-32-20/h1-5,10-11,15,18-19H,6-9,12-14H2,(H,27,31)(H,28,30). The van der Waals surface area contributed by atoms with Crippen LogP contribution in [-0.2, 0) is 11.0 Å². The third-order valence-corrected chi connectivity index (χ3v) is 7.33. The summed E-state index contributed by atoms with van der Waals surface area (Å²) >= 11 is 1.83. The van der Waals surface area contributed by atoms with Crippen molar-refractivity contribution in [2.24, 2.45) is 0 Å². The van der Waals surface area contributed by atoms with Crippen LogP contribution < -0.4 is 10.6 Å². The van der Waals surface area contributed by atoms with Crippen molar-refractivity contribution in [2.45, 2.75) is 49.9 Å². The Morgan fingerprint density at radius 2 is 1.81 bits per heavy atom. The van der Waals surface area contributed by atoms with E-state index in [0.717, 1.165) is 38.1 Å². The number of rotatable bonds is 6. The van der Waals surface area contributed by atoms with E-state index in [0.29, 0.717) is 12.0 Å². The lowest BCUT2D eigenvalue weighted by atomic mass is 9.83. The van der Waals surface area contributed by atoms with E-state index in [9.17, 15) is 22.8 Å². The molecular formula is C23H26F3N3O2S. The topological polar surface area (TPSA) is 61.4 Å².